The maximum Gasteiger partial charge on any atom is 0.214 e. The highest BCUT2D eigenvalue weighted by Crippen LogP contribution is 2.21. The lowest BCUT2D eigenvalue weighted by atomic mass is 10.1. The van der Waals surface area contributed by atoms with Crippen LogP contribution in [0.25, 0.3) is 0 Å². The van der Waals surface area contributed by atoms with Gasteiger partial charge in [0.1, 0.15) is 5.82 Å². The Hall–Kier alpha value is -1.16. The van der Waals surface area contributed by atoms with Crippen molar-refractivity contribution in [2.75, 3.05) is 24.6 Å². The summed E-state index contributed by atoms with van der Waals surface area (Å²) in [5.74, 6) is 0.524. The number of nitrogens with zero attached hydrogens (tertiary/aromatic N) is 2. The number of pyridine rings is 1. The maximum absolute atomic E-state index is 12.8. The van der Waals surface area contributed by atoms with Crippen molar-refractivity contribution in [2.45, 2.75) is 6.42 Å². The Bertz CT molecular complexity index is 319. The van der Waals surface area contributed by atoms with Crippen LogP contribution in [0.15, 0.2) is 18.2 Å². The first kappa shape index (κ1) is 9.40. The SMILES string of the molecule is OC[C@H]1CCN(c2cccc(F)n2)C1. The van der Waals surface area contributed by atoms with Crippen LogP contribution in [0.2, 0.25) is 0 Å². The molecule has 1 aromatic heterocycles. The van der Waals surface area contributed by atoms with Crippen molar-refractivity contribution in [1.29, 1.82) is 0 Å². The Morgan fingerprint density at radius 2 is 2.43 bits per heavy atom. The third-order valence-electron chi connectivity index (χ3n) is 2.57. The molecular weight excluding hydrogens is 183 g/mol. The third kappa shape index (κ3) is 1.85. The van der Waals surface area contributed by atoms with Gasteiger partial charge in [-0.2, -0.15) is 4.39 Å². The van der Waals surface area contributed by atoms with Crippen molar-refractivity contribution < 1.29 is 9.50 Å². The monoisotopic (exact) mass is 196 g/mol. The number of aliphatic hydroxyl groups excluding tert-OH is 1. The van der Waals surface area contributed by atoms with Crippen LogP contribution in [0.3, 0.4) is 0 Å². The van der Waals surface area contributed by atoms with Crippen molar-refractivity contribution in [3.05, 3.63) is 24.1 Å². The van der Waals surface area contributed by atoms with E-state index in [2.05, 4.69) is 4.98 Å². The van der Waals surface area contributed by atoms with E-state index in [-0.39, 0.29) is 6.61 Å². The number of aromatic nitrogens is 1. The van der Waals surface area contributed by atoms with E-state index in [9.17, 15) is 4.39 Å². The Labute approximate surface area is 82.2 Å². The van der Waals surface area contributed by atoms with E-state index >= 15 is 0 Å². The average Bonchev–Trinajstić information content (AvgIpc) is 2.66. The van der Waals surface area contributed by atoms with Gasteiger partial charge in [-0.15, -0.1) is 0 Å². The molecule has 0 aromatic carbocycles. The quantitative estimate of drug-likeness (QED) is 0.718. The number of halogens is 1. The average molecular weight is 196 g/mol. The number of rotatable bonds is 2. The lowest BCUT2D eigenvalue weighted by Crippen LogP contribution is -2.21. The number of hydrogen-bond acceptors (Lipinski definition) is 3. The maximum atomic E-state index is 12.8. The van der Waals surface area contributed by atoms with Gasteiger partial charge in [0.25, 0.3) is 0 Å². The zero-order valence-corrected chi connectivity index (χ0v) is 7.86. The Morgan fingerprint density at radius 3 is 3.07 bits per heavy atom. The number of anilines is 1. The Kier molecular flexibility index (Phi) is 2.63. The summed E-state index contributed by atoms with van der Waals surface area (Å²) in [6, 6.07) is 4.79. The molecule has 1 atom stereocenters. The van der Waals surface area contributed by atoms with E-state index < -0.39 is 5.95 Å². The fourth-order valence-electron chi connectivity index (χ4n) is 1.76. The van der Waals surface area contributed by atoms with Gasteiger partial charge < -0.3 is 10.0 Å². The van der Waals surface area contributed by atoms with Gasteiger partial charge >= 0.3 is 0 Å². The highest BCUT2D eigenvalue weighted by molar-refractivity contribution is 5.39. The van der Waals surface area contributed by atoms with Crippen LogP contribution in [0.4, 0.5) is 10.2 Å². The molecule has 1 aliphatic rings. The van der Waals surface area contributed by atoms with E-state index in [1.54, 1.807) is 12.1 Å². The molecule has 1 aliphatic heterocycles. The van der Waals surface area contributed by atoms with Crippen LogP contribution < -0.4 is 4.90 Å². The minimum absolute atomic E-state index is 0.200. The standard InChI is InChI=1S/C10H13FN2O/c11-9-2-1-3-10(12-9)13-5-4-8(6-13)7-14/h1-3,8,14H,4-7H2/t8-/m0/s1. The molecule has 76 valence electrons. The van der Waals surface area contributed by atoms with Crippen LogP contribution in [0.1, 0.15) is 6.42 Å². The minimum atomic E-state index is -0.449. The van der Waals surface area contributed by atoms with Gasteiger partial charge in [-0.3, -0.25) is 0 Å². The fraction of sp³-hybridized carbons (Fsp3) is 0.500. The lowest BCUT2D eigenvalue weighted by molar-refractivity contribution is 0.238. The molecule has 0 unspecified atom stereocenters. The summed E-state index contributed by atoms with van der Waals surface area (Å²) >= 11 is 0. The molecule has 1 aromatic rings. The molecule has 2 rings (SSSR count). The zero-order valence-electron chi connectivity index (χ0n) is 7.86. The molecule has 4 heteroatoms. The highest BCUT2D eigenvalue weighted by atomic mass is 19.1. The fourth-order valence-corrected chi connectivity index (χ4v) is 1.76. The van der Waals surface area contributed by atoms with Gasteiger partial charge in [-0.05, 0) is 18.6 Å². The van der Waals surface area contributed by atoms with E-state index in [4.69, 9.17) is 5.11 Å². The summed E-state index contributed by atoms with van der Waals surface area (Å²) < 4.78 is 12.8. The van der Waals surface area contributed by atoms with Crippen LogP contribution in [-0.2, 0) is 0 Å². The topological polar surface area (TPSA) is 36.4 Å². The Balaban J connectivity index is 2.09. The van der Waals surface area contributed by atoms with E-state index in [1.165, 1.54) is 6.07 Å². The molecule has 3 nitrogen and oxygen atoms in total. The number of aliphatic hydroxyl groups is 1. The second-order valence-electron chi connectivity index (χ2n) is 3.60. The van der Waals surface area contributed by atoms with Crippen molar-refractivity contribution in [1.82, 2.24) is 4.98 Å². The molecular formula is C10H13FN2O. The van der Waals surface area contributed by atoms with Gasteiger partial charge in [-0.1, -0.05) is 6.07 Å². The van der Waals surface area contributed by atoms with Crippen LogP contribution in [0.5, 0.6) is 0 Å². The first-order valence-electron chi connectivity index (χ1n) is 4.78. The zero-order chi connectivity index (χ0) is 9.97. The van der Waals surface area contributed by atoms with E-state index in [0.717, 1.165) is 19.5 Å². The normalized spacial score (nSPS) is 21.6. The molecule has 1 fully saturated rings. The van der Waals surface area contributed by atoms with Crippen molar-refractivity contribution in [3.63, 3.8) is 0 Å². The van der Waals surface area contributed by atoms with Crippen LogP contribution >= 0.6 is 0 Å². The van der Waals surface area contributed by atoms with Crippen molar-refractivity contribution in [2.24, 2.45) is 5.92 Å². The summed E-state index contributed by atoms with van der Waals surface area (Å²) in [5.41, 5.74) is 0. The number of hydrogen-bond donors (Lipinski definition) is 1. The summed E-state index contributed by atoms with van der Waals surface area (Å²) in [4.78, 5) is 5.81. The molecule has 0 bridgehead atoms. The molecule has 2 heterocycles. The summed E-state index contributed by atoms with van der Waals surface area (Å²) in [5, 5.41) is 8.96. The molecule has 1 N–H and O–H groups in total. The molecule has 14 heavy (non-hydrogen) atoms. The summed E-state index contributed by atoms with van der Waals surface area (Å²) in [7, 11) is 0. The van der Waals surface area contributed by atoms with Crippen LogP contribution in [-0.4, -0.2) is 29.8 Å². The van der Waals surface area contributed by atoms with E-state index in [0.29, 0.717) is 11.7 Å². The molecule has 0 aliphatic carbocycles. The molecule has 0 radical (unpaired) electrons. The van der Waals surface area contributed by atoms with Gasteiger partial charge in [0.15, 0.2) is 0 Å². The van der Waals surface area contributed by atoms with Gasteiger partial charge in [0.05, 0.1) is 0 Å². The van der Waals surface area contributed by atoms with Crippen LogP contribution in [0, 0.1) is 11.9 Å². The predicted molar refractivity (Wildman–Crippen MR) is 51.6 cm³/mol. The van der Waals surface area contributed by atoms with Crippen molar-refractivity contribution in [3.8, 4) is 0 Å². The first-order valence-corrected chi connectivity index (χ1v) is 4.78. The lowest BCUT2D eigenvalue weighted by Gasteiger charge is -2.16. The second-order valence-corrected chi connectivity index (χ2v) is 3.60. The van der Waals surface area contributed by atoms with Gasteiger partial charge in [-0.25, -0.2) is 4.98 Å². The third-order valence-corrected chi connectivity index (χ3v) is 2.57. The molecule has 1 saturated heterocycles. The highest BCUT2D eigenvalue weighted by Gasteiger charge is 2.22. The summed E-state index contributed by atoms with van der Waals surface area (Å²) in [6.45, 7) is 1.82. The van der Waals surface area contributed by atoms with Gasteiger partial charge in [0.2, 0.25) is 5.95 Å². The summed E-state index contributed by atoms with van der Waals surface area (Å²) in [6.07, 6.45) is 0.953. The molecule has 0 saturated carbocycles. The first-order chi connectivity index (χ1) is 6.79. The second kappa shape index (κ2) is 3.92. The van der Waals surface area contributed by atoms with Gasteiger partial charge in [0, 0.05) is 25.6 Å². The molecule has 0 spiro atoms. The molecule has 0 amide bonds. The minimum Gasteiger partial charge on any atom is -0.396 e. The van der Waals surface area contributed by atoms with Crippen molar-refractivity contribution >= 4 is 5.82 Å². The predicted octanol–water partition coefficient (Wildman–Crippen LogP) is 1.04. The largest absolute Gasteiger partial charge is 0.396 e. The Morgan fingerprint density at radius 1 is 1.57 bits per heavy atom. The smallest absolute Gasteiger partial charge is 0.214 e. The van der Waals surface area contributed by atoms with E-state index in [1.807, 2.05) is 4.90 Å².